The van der Waals surface area contributed by atoms with Gasteiger partial charge in [0.15, 0.2) is 0 Å². The third kappa shape index (κ3) is 2.35. The lowest BCUT2D eigenvalue weighted by Crippen LogP contribution is -2.57. The van der Waals surface area contributed by atoms with Gasteiger partial charge in [0.2, 0.25) is 0 Å². The summed E-state index contributed by atoms with van der Waals surface area (Å²) in [6, 6.07) is 8.28. The number of hydrogen-bond acceptors (Lipinski definition) is 2. The highest BCUT2D eigenvalue weighted by atomic mass is 16.4. The summed E-state index contributed by atoms with van der Waals surface area (Å²) in [7, 11) is 0. The van der Waals surface area contributed by atoms with E-state index in [9.17, 15) is 9.59 Å². The summed E-state index contributed by atoms with van der Waals surface area (Å²) in [4.78, 5) is 26.6. The molecule has 0 aliphatic carbocycles. The minimum absolute atomic E-state index is 0.0182. The van der Waals surface area contributed by atoms with Gasteiger partial charge < -0.3 is 14.9 Å². The van der Waals surface area contributed by atoms with Crippen molar-refractivity contribution < 1.29 is 14.7 Å². The van der Waals surface area contributed by atoms with Gasteiger partial charge >= 0.3 is 12.0 Å². The predicted molar refractivity (Wildman–Crippen MR) is 73.5 cm³/mol. The van der Waals surface area contributed by atoms with E-state index in [0.29, 0.717) is 26.2 Å². The second-order valence-corrected chi connectivity index (χ2v) is 5.48. The summed E-state index contributed by atoms with van der Waals surface area (Å²) in [6.07, 6.45) is 1.75. The van der Waals surface area contributed by atoms with E-state index in [-0.39, 0.29) is 11.9 Å². The zero-order valence-corrected chi connectivity index (χ0v) is 11.3. The highest BCUT2D eigenvalue weighted by molar-refractivity contribution is 5.80. The van der Waals surface area contributed by atoms with Gasteiger partial charge in [0.1, 0.15) is 0 Å². The van der Waals surface area contributed by atoms with Gasteiger partial charge in [-0.05, 0) is 24.0 Å². The van der Waals surface area contributed by atoms with Crippen molar-refractivity contribution in [2.45, 2.75) is 12.8 Å². The molecule has 1 N–H and O–H groups in total. The molecule has 3 rings (SSSR count). The number of carbonyl (C=O) groups excluding carboxylic acids is 1. The maximum Gasteiger partial charge on any atom is 0.320 e. The number of urea groups is 1. The Labute approximate surface area is 117 Å². The summed E-state index contributed by atoms with van der Waals surface area (Å²) < 4.78 is 0. The molecular formula is C15H18N2O3. The third-order valence-corrected chi connectivity index (χ3v) is 4.19. The average molecular weight is 274 g/mol. The van der Waals surface area contributed by atoms with E-state index in [2.05, 4.69) is 12.1 Å². The number of carbonyl (C=O) groups is 2. The first-order valence-corrected chi connectivity index (χ1v) is 6.98. The zero-order valence-electron chi connectivity index (χ0n) is 11.3. The molecule has 20 heavy (non-hydrogen) atoms. The van der Waals surface area contributed by atoms with Crippen LogP contribution in [0.1, 0.15) is 11.1 Å². The van der Waals surface area contributed by atoms with E-state index in [1.807, 2.05) is 17.0 Å². The van der Waals surface area contributed by atoms with Gasteiger partial charge in [-0.1, -0.05) is 24.3 Å². The first-order valence-electron chi connectivity index (χ1n) is 6.98. The van der Waals surface area contributed by atoms with Gasteiger partial charge in [-0.3, -0.25) is 4.79 Å². The number of hydrogen-bond donors (Lipinski definition) is 1. The monoisotopic (exact) mass is 274 g/mol. The molecular weight excluding hydrogens is 256 g/mol. The summed E-state index contributed by atoms with van der Waals surface area (Å²) in [5, 5.41) is 8.85. The summed E-state index contributed by atoms with van der Waals surface area (Å²) in [5.74, 6) is -1.19. The van der Waals surface area contributed by atoms with Crippen LogP contribution in [0, 0.1) is 5.92 Å². The fourth-order valence-corrected chi connectivity index (χ4v) is 2.85. The Morgan fingerprint density at radius 2 is 1.55 bits per heavy atom. The lowest BCUT2D eigenvalue weighted by atomic mass is 10.0. The maximum absolute atomic E-state index is 12.3. The quantitative estimate of drug-likeness (QED) is 0.837. The number of likely N-dealkylation sites (tertiary alicyclic amines) is 1. The molecule has 2 aliphatic heterocycles. The minimum atomic E-state index is -0.808. The predicted octanol–water partition coefficient (Wildman–Crippen LogP) is 1.22. The molecule has 1 fully saturated rings. The Kier molecular flexibility index (Phi) is 3.34. The first kappa shape index (κ1) is 13.0. The van der Waals surface area contributed by atoms with Crippen molar-refractivity contribution in [2.24, 2.45) is 5.92 Å². The number of fused-ring (bicyclic) bond motifs is 1. The zero-order chi connectivity index (χ0) is 14.1. The highest BCUT2D eigenvalue weighted by Gasteiger charge is 2.37. The Morgan fingerprint density at radius 3 is 2.05 bits per heavy atom. The van der Waals surface area contributed by atoms with Crippen LogP contribution in [0.5, 0.6) is 0 Å². The molecule has 2 amide bonds. The van der Waals surface area contributed by atoms with Crippen molar-refractivity contribution in [2.75, 3.05) is 26.2 Å². The number of nitrogens with zero attached hydrogens (tertiary/aromatic N) is 2. The van der Waals surface area contributed by atoms with E-state index in [4.69, 9.17) is 5.11 Å². The van der Waals surface area contributed by atoms with Gasteiger partial charge in [-0.15, -0.1) is 0 Å². The Morgan fingerprint density at radius 1 is 1.00 bits per heavy atom. The van der Waals surface area contributed by atoms with Crippen LogP contribution in [0.2, 0.25) is 0 Å². The molecule has 0 atom stereocenters. The molecule has 5 heteroatoms. The van der Waals surface area contributed by atoms with Crippen molar-refractivity contribution >= 4 is 12.0 Å². The van der Waals surface area contributed by atoms with Gasteiger partial charge in [0.05, 0.1) is 5.92 Å². The minimum Gasteiger partial charge on any atom is -0.481 e. The molecule has 0 spiro atoms. The van der Waals surface area contributed by atoms with Gasteiger partial charge in [-0.25, -0.2) is 4.79 Å². The highest BCUT2D eigenvalue weighted by Crippen LogP contribution is 2.20. The van der Waals surface area contributed by atoms with Crippen LogP contribution in [-0.4, -0.2) is 53.1 Å². The van der Waals surface area contributed by atoms with Crippen LogP contribution < -0.4 is 0 Å². The molecule has 1 saturated heterocycles. The molecule has 0 unspecified atom stereocenters. The van der Waals surface area contributed by atoms with Crippen LogP contribution in [0.25, 0.3) is 0 Å². The summed E-state index contributed by atoms with van der Waals surface area (Å²) in [6.45, 7) is 2.11. The number of carboxylic acid groups (broad SMARTS) is 1. The second-order valence-electron chi connectivity index (χ2n) is 5.48. The fourth-order valence-electron chi connectivity index (χ4n) is 2.85. The average Bonchev–Trinajstić information content (AvgIpc) is 2.58. The molecule has 0 radical (unpaired) electrons. The summed E-state index contributed by atoms with van der Waals surface area (Å²) >= 11 is 0. The van der Waals surface area contributed by atoms with E-state index in [0.717, 1.165) is 12.8 Å². The van der Waals surface area contributed by atoms with Crippen LogP contribution in [0.4, 0.5) is 4.79 Å². The second kappa shape index (κ2) is 5.15. The normalized spacial score (nSPS) is 19.0. The maximum atomic E-state index is 12.3. The fraction of sp³-hybridized carbons (Fsp3) is 0.467. The molecule has 0 saturated carbocycles. The molecule has 2 aliphatic rings. The Balaban J connectivity index is 1.60. The van der Waals surface area contributed by atoms with Crippen LogP contribution in [0.15, 0.2) is 24.3 Å². The number of amides is 2. The lowest BCUT2D eigenvalue weighted by molar-refractivity contribution is -0.146. The number of carboxylic acids is 1. The first-order chi connectivity index (χ1) is 9.65. The lowest BCUT2D eigenvalue weighted by Gasteiger charge is -2.39. The van der Waals surface area contributed by atoms with Crippen molar-refractivity contribution in [3.05, 3.63) is 35.4 Å². The largest absolute Gasteiger partial charge is 0.481 e. The van der Waals surface area contributed by atoms with Gasteiger partial charge in [0, 0.05) is 26.2 Å². The Bertz CT molecular complexity index is 511. The molecule has 2 heterocycles. The molecule has 5 nitrogen and oxygen atoms in total. The van der Waals surface area contributed by atoms with Crippen molar-refractivity contribution in [1.82, 2.24) is 9.80 Å². The SMILES string of the molecule is O=C(O)C1CN(C(=O)N2CCc3ccccc3CC2)C1. The van der Waals surface area contributed by atoms with Gasteiger partial charge in [0.25, 0.3) is 0 Å². The van der Waals surface area contributed by atoms with E-state index in [1.165, 1.54) is 11.1 Å². The molecule has 1 aromatic carbocycles. The third-order valence-electron chi connectivity index (χ3n) is 4.19. The van der Waals surface area contributed by atoms with Crippen LogP contribution in [-0.2, 0) is 17.6 Å². The topological polar surface area (TPSA) is 60.9 Å². The molecule has 1 aromatic rings. The Hall–Kier alpha value is -2.04. The molecule has 0 aromatic heterocycles. The molecule has 0 bridgehead atoms. The number of benzene rings is 1. The van der Waals surface area contributed by atoms with Crippen LogP contribution in [0.3, 0.4) is 0 Å². The van der Waals surface area contributed by atoms with Crippen molar-refractivity contribution in [3.63, 3.8) is 0 Å². The van der Waals surface area contributed by atoms with E-state index < -0.39 is 5.97 Å². The van der Waals surface area contributed by atoms with Gasteiger partial charge in [-0.2, -0.15) is 0 Å². The smallest absolute Gasteiger partial charge is 0.320 e. The standard InChI is InChI=1S/C15H18N2O3/c18-14(19)13-9-17(10-13)15(20)16-7-5-11-3-1-2-4-12(11)6-8-16/h1-4,13H,5-10H2,(H,18,19). The van der Waals surface area contributed by atoms with E-state index in [1.54, 1.807) is 4.90 Å². The molecule has 106 valence electrons. The number of aliphatic carboxylic acids is 1. The van der Waals surface area contributed by atoms with Crippen molar-refractivity contribution in [1.29, 1.82) is 0 Å². The summed E-state index contributed by atoms with van der Waals surface area (Å²) in [5.41, 5.74) is 2.63. The van der Waals surface area contributed by atoms with E-state index >= 15 is 0 Å². The van der Waals surface area contributed by atoms with Crippen LogP contribution >= 0.6 is 0 Å². The number of rotatable bonds is 1. The van der Waals surface area contributed by atoms with Crippen molar-refractivity contribution in [3.8, 4) is 0 Å².